The SMILES string of the molecule is O=C(CCN(C(=O)c1cccc(F)c1)C1CCCCC1)Nc1nnc(-c2cccc(Cl)c2)s1. The van der Waals surface area contributed by atoms with E-state index in [1.165, 1.54) is 29.5 Å². The number of anilines is 1. The number of carbonyl (C=O) groups is 2. The highest BCUT2D eigenvalue weighted by Crippen LogP contribution is 2.28. The molecule has 0 atom stereocenters. The summed E-state index contributed by atoms with van der Waals surface area (Å²) in [6.45, 7) is 0.256. The standard InChI is InChI=1S/C24H24ClFN4O2S/c25-18-8-4-6-16(14-18)22-28-29-24(33-22)27-21(31)12-13-30(20-10-2-1-3-11-20)23(32)17-7-5-9-19(26)15-17/h4-9,14-15,20H,1-3,10-13H2,(H,27,29,31). The Hall–Kier alpha value is -2.84. The van der Waals surface area contributed by atoms with E-state index in [9.17, 15) is 14.0 Å². The molecule has 1 N–H and O–H groups in total. The molecule has 2 amide bonds. The second kappa shape index (κ2) is 10.9. The van der Waals surface area contributed by atoms with Crippen LogP contribution in [0.5, 0.6) is 0 Å². The van der Waals surface area contributed by atoms with Crippen molar-refractivity contribution in [1.82, 2.24) is 15.1 Å². The molecule has 0 radical (unpaired) electrons. The lowest BCUT2D eigenvalue weighted by Crippen LogP contribution is -2.43. The minimum Gasteiger partial charge on any atom is -0.335 e. The molecule has 6 nitrogen and oxygen atoms in total. The van der Waals surface area contributed by atoms with Crippen molar-refractivity contribution in [3.63, 3.8) is 0 Å². The van der Waals surface area contributed by atoms with Crippen molar-refractivity contribution in [2.75, 3.05) is 11.9 Å². The van der Waals surface area contributed by atoms with Gasteiger partial charge in [-0.05, 0) is 43.2 Å². The Balaban J connectivity index is 1.41. The normalized spacial score (nSPS) is 14.1. The third-order valence-corrected chi connectivity index (χ3v) is 6.79. The Morgan fingerprint density at radius 1 is 1.09 bits per heavy atom. The first kappa shape index (κ1) is 23.3. The van der Waals surface area contributed by atoms with E-state index >= 15 is 0 Å². The van der Waals surface area contributed by atoms with Crippen molar-refractivity contribution >= 4 is 39.9 Å². The predicted octanol–water partition coefficient (Wildman–Crippen LogP) is 5.80. The van der Waals surface area contributed by atoms with Crippen LogP contribution in [0.3, 0.4) is 0 Å². The fourth-order valence-electron chi connectivity index (χ4n) is 4.05. The maximum absolute atomic E-state index is 13.7. The predicted molar refractivity (Wildman–Crippen MR) is 128 cm³/mol. The molecule has 1 aliphatic rings. The lowest BCUT2D eigenvalue weighted by molar-refractivity contribution is -0.116. The van der Waals surface area contributed by atoms with Crippen LogP contribution in [0, 0.1) is 5.82 Å². The topological polar surface area (TPSA) is 75.2 Å². The van der Waals surface area contributed by atoms with Gasteiger partial charge in [-0.15, -0.1) is 10.2 Å². The Labute approximate surface area is 200 Å². The van der Waals surface area contributed by atoms with Crippen LogP contribution in [0.2, 0.25) is 5.02 Å². The molecule has 3 aromatic rings. The van der Waals surface area contributed by atoms with Gasteiger partial charge in [-0.25, -0.2) is 4.39 Å². The van der Waals surface area contributed by atoms with Crippen molar-refractivity contribution in [3.8, 4) is 10.6 Å². The summed E-state index contributed by atoms with van der Waals surface area (Å²) in [6, 6.07) is 13.0. The quantitative estimate of drug-likeness (QED) is 0.458. The number of nitrogens with zero attached hydrogens (tertiary/aromatic N) is 3. The van der Waals surface area contributed by atoms with Gasteiger partial charge in [-0.2, -0.15) is 0 Å². The number of benzene rings is 2. The summed E-state index contributed by atoms with van der Waals surface area (Å²) in [6.07, 6.45) is 5.13. The number of hydrogen-bond acceptors (Lipinski definition) is 5. The molecular weight excluding hydrogens is 463 g/mol. The van der Waals surface area contributed by atoms with Crippen LogP contribution in [0.4, 0.5) is 9.52 Å². The third kappa shape index (κ3) is 6.15. The molecule has 0 aliphatic heterocycles. The summed E-state index contributed by atoms with van der Waals surface area (Å²) in [5.74, 6) is -0.945. The molecule has 2 aromatic carbocycles. The van der Waals surface area contributed by atoms with Crippen molar-refractivity contribution in [3.05, 3.63) is 64.9 Å². The van der Waals surface area contributed by atoms with Gasteiger partial charge in [-0.1, -0.05) is 60.4 Å². The summed E-state index contributed by atoms with van der Waals surface area (Å²) in [5, 5.41) is 12.6. The number of halogens is 2. The highest BCUT2D eigenvalue weighted by Gasteiger charge is 2.27. The Morgan fingerprint density at radius 2 is 1.88 bits per heavy atom. The second-order valence-corrected chi connectivity index (χ2v) is 9.44. The zero-order valence-electron chi connectivity index (χ0n) is 18.0. The van der Waals surface area contributed by atoms with E-state index in [4.69, 9.17) is 11.6 Å². The molecule has 4 rings (SSSR count). The first-order chi connectivity index (χ1) is 16.0. The molecule has 1 saturated carbocycles. The summed E-state index contributed by atoms with van der Waals surface area (Å²) in [5.41, 5.74) is 1.13. The van der Waals surface area contributed by atoms with E-state index in [0.29, 0.717) is 20.7 Å². The fourth-order valence-corrected chi connectivity index (χ4v) is 4.99. The van der Waals surface area contributed by atoms with E-state index in [1.54, 1.807) is 23.1 Å². The summed E-state index contributed by atoms with van der Waals surface area (Å²) in [4.78, 5) is 27.5. The number of nitrogens with one attached hydrogen (secondary N) is 1. The number of rotatable bonds is 7. The van der Waals surface area contributed by atoms with Crippen LogP contribution in [0.25, 0.3) is 10.6 Å². The first-order valence-corrected chi connectivity index (χ1v) is 12.1. The number of hydrogen-bond donors (Lipinski definition) is 1. The van der Waals surface area contributed by atoms with E-state index in [-0.39, 0.29) is 30.8 Å². The molecule has 0 bridgehead atoms. The van der Waals surface area contributed by atoms with Gasteiger partial charge in [0, 0.05) is 35.2 Å². The monoisotopic (exact) mass is 486 g/mol. The summed E-state index contributed by atoms with van der Waals surface area (Å²) >= 11 is 7.29. The molecule has 172 valence electrons. The first-order valence-electron chi connectivity index (χ1n) is 11.0. The van der Waals surface area contributed by atoms with E-state index < -0.39 is 5.82 Å². The summed E-state index contributed by atoms with van der Waals surface area (Å²) < 4.78 is 13.7. The van der Waals surface area contributed by atoms with Gasteiger partial charge in [0.1, 0.15) is 10.8 Å². The largest absolute Gasteiger partial charge is 0.335 e. The minimum absolute atomic E-state index is 0.0540. The van der Waals surface area contributed by atoms with E-state index in [0.717, 1.165) is 37.7 Å². The van der Waals surface area contributed by atoms with Gasteiger partial charge < -0.3 is 10.2 Å². The molecule has 1 heterocycles. The Morgan fingerprint density at radius 3 is 2.64 bits per heavy atom. The number of amides is 2. The highest BCUT2D eigenvalue weighted by atomic mass is 35.5. The molecule has 9 heteroatoms. The number of carbonyl (C=O) groups excluding carboxylic acids is 2. The van der Waals surface area contributed by atoms with Crippen molar-refractivity contribution in [2.24, 2.45) is 0 Å². The molecule has 1 aliphatic carbocycles. The van der Waals surface area contributed by atoms with Gasteiger partial charge in [0.05, 0.1) is 0 Å². The molecule has 1 aromatic heterocycles. The second-order valence-electron chi connectivity index (χ2n) is 8.02. The average Bonchev–Trinajstić information content (AvgIpc) is 3.28. The van der Waals surface area contributed by atoms with Gasteiger partial charge >= 0.3 is 0 Å². The van der Waals surface area contributed by atoms with Crippen molar-refractivity contribution in [2.45, 2.75) is 44.6 Å². The zero-order valence-corrected chi connectivity index (χ0v) is 19.5. The Kier molecular flexibility index (Phi) is 7.67. The van der Waals surface area contributed by atoms with Crippen LogP contribution in [0.15, 0.2) is 48.5 Å². The van der Waals surface area contributed by atoms with E-state index in [2.05, 4.69) is 15.5 Å². The Bertz CT molecular complexity index is 1130. The third-order valence-electron chi connectivity index (χ3n) is 5.67. The van der Waals surface area contributed by atoms with Crippen molar-refractivity contribution in [1.29, 1.82) is 0 Å². The van der Waals surface area contributed by atoms with Crippen LogP contribution >= 0.6 is 22.9 Å². The zero-order chi connectivity index (χ0) is 23.2. The maximum atomic E-state index is 13.7. The highest BCUT2D eigenvalue weighted by molar-refractivity contribution is 7.18. The molecule has 1 fully saturated rings. The van der Waals surface area contributed by atoms with Gasteiger partial charge in [0.15, 0.2) is 0 Å². The van der Waals surface area contributed by atoms with Crippen LogP contribution < -0.4 is 5.32 Å². The van der Waals surface area contributed by atoms with Crippen LogP contribution in [-0.2, 0) is 4.79 Å². The van der Waals surface area contributed by atoms with Gasteiger partial charge in [0.25, 0.3) is 5.91 Å². The van der Waals surface area contributed by atoms with Gasteiger partial charge in [-0.3, -0.25) is 9.59 Å². The van der Waals surface area contributed by atoms with E-state index in [1.807, 2.05) is 12.1 Å². The molecule has 0 saturated heterocycles. The fraction of sp³-hybridized carbons (Fsp3) is 0.333. The number of aromatic nitrogens is 2. The molecule has 0 spiro atoms. The average molecular weight is 487 g/mol. The summed E-state index contributed by atoms with van der Waals surface area (Å²) in [7, 11) is 0. The molecule has 0 unspecified atom stereocenters. The van der Waals surface area contributed by atoms with Gasteiger partial charge in [0.2, 0.25) is 11.0 Å². The smallest absolute Gasteiger partial charge is 0.254 e. The molecular formula is C24H24ClFN4O2S. The van der Waals surface area contributed by atoms with Crippen LogP contribution in [-0.4, -0.2) is 39.5 Å². The maximum Gasteiger partial charge on any atom is 0.254 e. The van der Waals surface area contributed by atoms with Crippen LogP contribution in [0.1, 0.15) is 48.9 Å². The lowest BCUT2D eigenvalue weighted by atomic mass is 9.93. The lowest BCUT2D eigenvalue weighted by Gasteiger charge is -2.34. The minimum atomic E-state index is -0.450. The molecule has 33 heavy (non-hydrogen) atoms. The van der Waals surface area contributed by atoms with Crippen molar-refractivity contribution < 1.29 is 14.0 Å².